The molecule has 0 aliphatic carbocycles. The van der Waals surface area contributed by atoms with Crippen LogP contribution in [0.4, 0.5) is 0 Å². The van der Waals surface area contributed by atoms with Gasteiger partial charge >= 0.3 is 0 Å². The summed E-state index contributed by atoms with van der Waals surface area (Å²) in [7, 11) is 0. The van der Waals surface area contributed by atoms with E-state index < -0.39 is 11.2 Å². The van der Waals surface area contributed by atoms with Crippen molar-refractivity contribution >= 4 is 23.2 Å². The second-order valence-electron chi connectivity index (χ2n) is 4.75. The molecule has 0 bridgehead atoms. The van der Waals surface area contributed by atoms with E-state index in [1.165, 1.54) is 0 Å². The van der Waals surface area contributed by atoms with Crippen molar-refractivity contribution in [3.8, 4) is 0 Å². The first-order valence-corrected chi connectivity index (χ1v) is 5.78. The summed E-state index contributed by atoms with van der Waals surface area (Å²) in [6, 6.07) is 5.09. The third-order valence-electron chi connectivity index (χ3n) is 2.87. The Kier molecular flexibility index (Phi) is 3.91. The van der Waals surface area contributed by atoms with Crippen molar-refractivity contribution in [1.82, 2.24) is 0 Å². The molecule has 0 aromatic heterocycles. The van der Waals surface area contributed by atoms with Crippen molar-refractivity contribution in [2.24, 2.45) is 0 Å². The maximum atomic E-state index is 10.2. The molecule has 2 N–H and O–H groups in total. The fourth-order valence-electron chi connectivity index (χ4n) is 1.25. The van der Waals surface area contributed by atoms with Crippen LogP contribution in [0.5, 0.6) is 0 Å². The van der Waals surface area contributed by atoms with E-state index in [2.05, 4.69) is 0 Å². The van der Waals surface area contributed by atoms with Gasteiger partial charge < -0.3 is 10.2 Å². The maximum absolute atomic E-state index is 10.2. The van der Waals surface area contributed by atoms with Gasteiger partial charge in [0, 0.05) is 16.5 Å². The average Bonchev–Trinajstić information content (AvgIpc) is 2.08. The zero-order chi connectivity index (χ0) is 12.6. The molecule has 0 amide bonds. The molecule has 0 spiro atoms. The number of benzene rings is 1. The Labute approximate surface area is 106 Å². The van der Waals surface area contributed by atoms with E-state index in [9.17, 15) is 10.2 Å². The van der Waals surface area contributed by atoms with Crippen LogP contribution in [0, 0.1) is 0 Å². The highest BCUT2D eigenvalue weighted by Crippen LogP contribution is 2.29. The van der Waals surface area contributed by atoms with Crippen LogP contribution in [0.25, 0.3) is 0 Å². The molecule has 0 aliphatic heterocycles. The van der Waals surface area contributed by atoms with Crippen molar-refractivity contribution in [3.05, 3.63) is 33.8 Å². The van der Waals surface area contributed by atoms with E-state index in [0.29, 0.717) is 10.0 Å². The lowest BCUT2D eigenvalue weighted by molar-refractivity contribution is -0.118. The summed E-state index contributed by atoms with van der Waals surface area (Å²) in [4.78, 5) is 0. The molecule has 16 heavy (non-hydrogen) atoms. The minimum absolute atomic E-state index is 0.270. The minimum atomic E-state index is -1.25. The van der Waals surface area contributed by atoms with Gasteiger partial charge in [-0.3, -0.25) is 0 Å². The van der Waals surface area contributed by atoms with Crippen LogP contribution in [0.2, 0.25) is 10.0 Å². The van der Waals surface area contributed by atoms with Crippen molar-refractivity contribution < 1.29 is 10.2 Å². The summed E-state index contributed by atoms with van der Waals surface area (Å²) in [5.74, 6) is 0. The van der Waals surface area contributed by atoms with Gasteiger partial charge in [0.2, 0.25) is 0 Å². The first-order chi connectivity index (χ1) is 7.13. The van der Waals surface area contributed by atoms with Crippen molar-refractivity contribution in [2.75, 3.05) is 0 Å². The van der Waals surface area contributed by atoms with Gasteiger partial charge in [0.25, 0.3) is 0 Å². The molecule has 1 aromatic carbocycles. The second kappa shape index (κ2) is 4.53. The predicted molar refractivity (Wildman–Crippen MR) is 67.1 cm³/mol. The van der Waals surface area contributed by atoms with E-state index in [1.54, 1.807) is 39.0 Å². The lowest BCUT2D eigenvalue weighted by Gasteiger charge is -2.36. The van der Waals surface area contributed by atoms with Crippen molar-refractivity contribution in [3.63, 3.8) is 0 Å². The quantitative estimate of drug-likeness (QED) is 0.879. The van der Waals surface area contributed by atoms with E-state index in [0.717, 1.165) is 5.56 Å². The third kappa shape index (κ3) is 3.11. The van der Waals surface area contributed by atoms with Crippen LogP contribution < -0.4 is 0 Å². The van der Waals surface area contributed by atoms with E-state index in [-0.39, 0.29) is 6.42 Å². The van der Waals surface area contributed by atoms with E-state index in [4.69, 9.17) is 23.2 Å². The first kappa shape index (κ1) is 13.8. The number of aliphatic hydroxyl groups is 2. The SMILES string of the molecule is CC(C)(O)C(C)(O)Cc1ccc(Cl)cc1Cl. The summed E-state index contributed by atoms with van der Waals surface area (Å²) in [6.45, 7) is 4.71. The molecule has 1 unspecified atom stereocenters. The van der Waals surface area contributed by atoms with Gasteiger partial charge in [-0.15, -0.1) is 0 Å². The van der Waals surface area contributed by atoms with Gasteiger partial charge in [-0.05, 0) is 38.5 Å². The van der Waals surface area contributed by atoms with Crippen molar-refractivity contribution in [2.45, 2.75) is 38.4 Å². The molecular formula is C12H16Cl2O2. The molecule has 0 radical (unpaired) electrons. The molecule has 1 atom stereocenters. The molecule has 0 fully saturated rings. The summed E-state index contributed by atoms with van der Waals surface area (Å²) < 4.78 is 0. The molecule has 0 aliphatic rings. The summed E-state index contributed by atoms with van der Waals surface area (Å²) >= 11 is 11.8. The van der Waals surface area contributed by atoms with Crippen LogP contribution in [0.1, 0.15) is 26.3 Å². The standard InChI is InChI=1S/C12H16Cl2O2/c1-11(2,15)12(3,16)7-8-4-5-9(13)6-10(8)14/h4-6,15-16H,7H2,1-3H3. The average molecular weight is 263 g/mol. The Bertz CT molecular complexity index is 381. The fraction of sp³-hybridized carbons (Fsp3) is 0.500. The lowest BCUT2D eigenvalue weighted by atomic mass is 9.82. The largest absolute Gasteiger partial charge is 0.387 e. The maximum Gasteiger partial charge on any atom is 0.0940 e. The zero-order valence-electron chi connectivity index (χ0n) is 9.59. The fourth-order valence-corrected chi connectivity index (χ4v) is 1.73. The summed E-state index contributed by atoms with van der Waals surface area (Å²) in [5.41, 5.74) is -1.68. The molecule has 1 rings (SSSR count). The Balaban J connectivity index is 2.97. The van der Waals surface area contributed by atoms with Gasteiger partial charge in [0.1, 0.15) is 0 Å². The third-order valence-corrected chi connectivity index (χ3v) is 3.45. The Morgan fingerprint density at radius 1 is 1.12 bits per heavy atom. The molecule has 90 valence electrons. The van der Waals surface area contributed by atoms with Crippen LogP contribution in [0.15, 0.2) is 18.2 Å². The molecule has 0 saturated carbocycles. The Hall–Kier alpha value is -0.280. The predicted octanol–water partition coefficient (Wildman–Crippen LogP) is 3.06. The summed E-state index contributed by atoms with van der Waals surface area (Å²) in [6.07, 6.45) is 0.270. The monoisotopic (exact) mass is 262 g/mol. The number of hydrogen-bond acceptors (Lipinski definition) is 2. The number of halogens is 2. The van der Waals surface area contributed by atoms with Crippen LogP contribution in [-0.2, 0) is 6.42 Å². The minimum Gasteiger partial charge on any atom is -0.387 e. The molecule has 0 saturated heterocycles. The molecular weight excluding hydrogens is 247 g/mol. The number of hydrogen-bond donors (Lipinski definition) is 2. The molecule has 1 aromatic rings. The summed E-state index contributed by atoms with van der Waals surface area (Å²) in [5, 5.41) is 21.0. The van der Waals surface area contributed by atoms with E-state index >= 15 is 0 Å². The highest BCUT2D eigenvalue weighted by atomic mass is 35.5. The van der Waals surface area contributed by atoms with Gasteiger partial charge in [-0.1, -0.05) is 29.3 Å². The van der Waals surface area contributed by atoms with Gasteiger partial charge in [-0.25, -0.2) is 0 Å². The molecule has 2 nitrogen and oxygen atoms in total. The second-order valence-corrected chi connectivity index (χ2v) is 5.59. The first-order valence-electron chi connectivity index (χ1n) is 5.02. The topological polar surface area (TPSA) is 40.5 Å². The molecule has 4 heteroatoms. The normalized spacial score (nSPS) is 15.9. The smallest absolute Gasteiger partial charge is 0.0940 e. The van der Waals surface area contributed by atoms with Gasteiger partial charge in [0.05, 0.1) is 11.2 Å². The Morgan fingerprint density at radius 3 is 2.12 bits per heavy atom. The van der Waals surface area contributed by atoms with E-state index in [1.807, 2.05) is 0 Å². The highest BCUT2D eigenvalue weighted by Gasteiger charge is 2.37. The molecule has 0 heterocycles. The van der Waals surface area contributed by atoms with Gasteiger partial charge in [0.15, 0.2) is 0 Å². The number of rotatable bonds is 3. The highest BCUT2D eigenvalue weighted by molar-refractivity contribution is 6.35. The zero-order valence-corrected chi connectivity index (χ0v) is 11.1. The van der Waals surface area contributed by atoms with Crippen molar-refractivity contribution in [1.29, 1.82) is 0 Å². The Morgan fingerprint density at radius 2 is 1.69 bits per heavy atom. The van der Waals surface area contributed by atoms with Crippen LogP contribution in [0.3, 0.4) is 0 Å². The van der Waals surface area contributed by atoms with Crippen LogP contribution in [-0.4, -0.2) is 21.4 Å². The lowest BCUT2D eigenvalue weighted by Crippen LogP contribution is -2.49. The van der Waals surface area contributed by atoms with Crippen LogP contribution >= 0.6 is 23.2 Å². The van der Waals surface area contributed by atoms with Gasteiger partial charge in [-0.2, -0.15) is 0 Å².